The number of carboxylic acid groups (broad SMARTS) is 1. The number of hydrogen-bond acceptors (Lipinski definition) is 4. The molecule has 1 atom stereocenters. The third kappa shape index (κ3) is 4.80. The Kier molecular flexibility index (Phi) is 5.49. The third-order valence-corrected chi connectivity index (χ3v) is 4.45. The lowest BCUT2D eigenvalue weighted by Gasteiger charge is -2.19. The Labute approximate surface area is 125 Å². The second-order valence-electron chi connectivity index (χ2n) is 5.74. The summed E-state index contributed by atoms with van der Waals surface area (Å²) in [5.41, 5.74) is 0.906. The van der Waals surface area contributed by atoms with Gasteiger partial charge < -0.3 is 9.84 Å². The van der Waals surface area contributed by atoms with Gasteiger partial charge in [-0.2, -0.15) is 4.72 Å². The monoisotopic (exact) mass is 315 g/mol. The molecule has 0 fully saturated rings. The van der Waals surface area contributed by atoms with E-state index < -0.39 is 22.0 Å². The van der Waals surface area contributed by atoms with Crippen LogP contribution >= 0.6 is 0 Å². The molecule has 0 heterocycles. The molecule has 1 aromatic carbocycles. The van der Waals surface area contributed by atoms with E-state index in [-0.39, 0.29) is 16.9 Å². The third-order valence-electron chi connectivity index (χ3n) is 2.96. The van der Waals surface area contributed by atoms with Crippen molar-refractivity contribution in [3.05, 3.63) is 29.8 Å². The Morgan fingerprint density at radius 3 is 2.19 bits per heavy atom. The summed E-state index contributed by atoms with van der Waals surface area (Å²) >= 11 is 0. The molecule has 2 N–H and O–H groups in total. The lowest BCUT2D eigenvalue weighted by molar-refractivity contribution is -0.140. The van der Waals surface area contributed by atoms with Gasteiger partial charge in [-0.25, -0.2) is 8.42 Å². The second kappa shape index (κ2) is 6.55. The van der Waals surface area contributed by atoms with Gasteiger partial charge in [0.1, 0.15) is 6.04 Å². The average Bonchev–Trinajstić information content (AvgIpc) is 2.37. The van der Waals surface area contributed by atoms with Crippen molar-refractivity contribution in [3.63, 3.8) is 0 Å². The molecular weight excluding hydrogens is 294 g/mol. The number of sulfonamides is 1. The lowest BCUT2D eigenvalue weighted by Crippen LogP contribution is -2.43. The van der Waals surface area contributed by atoms with Crippen molar-refractivity contribution in [2.24, 2.45) is 0 Å². The first-order chi connectivity index (χ1) is 9.58. The molecule has 0 aliphatic rings. The number of hydrogen-bond donors (Lipinski definition) is 2. The zero-order valence-corrected chi connectivity index (χ0v) is 13.4. The maximum absolute atomic E-state index is 12.2. The van der Waals surface area contributed by atoms with Crippen LogP contribution < -0.4 is 4.72 Å². The van der Waals surface area contributed by atoms with Crippen molar-refractivity contribution in [1.82, 2.24) is 4.72 Å². The van der Waals surface area contributed by atoms with Gasteiger partial charge in [0.15, 0.2) is 0 Å². The first kappa shape index (κ1) is 17.6. The van der Waals surface area contributed by atoms with Crippen LogP contribution in [-0.4, -0.2) is 39.3 Å². The number of nitrogens with one attached hydrogen (secondary N) is 1. The molecule has 21 heavy (non-hydrogen) atoms. The minimum Gasteiger partial charge on any atom is -0.480 e. The Bertz CT molecular complexity index is 587. The van der Waals surface area contributed by atoms with E-state index in [1.54, 1.807) is 12.1 Å². The van der Waals surface area contributed by atoms with Crippen LogP contribution in [0, 0.1) is 0 Å². The van der Waals surface area contributed by atoms with Crippen LogP contribution in [0.2, 0.25) is 0 Å². The molecule has 0 aliphatic carbocycles. The van der Waals surface area contributed by atoms with E-state index in [0.717, 1.165) is 5.56 Å². The molecule has 1 unspecified atom stereocenters. The van der Waals surface area contributed by atoms with E-state index in [0.29, 0.717) is 0 Å². The molecule has 0 aromatic heterocycles. The van der Waals surface area contributed by atoms with Crippen LogP contribution in [0.4, 0.5) is 0 Å². The standard InChI is InChI=1S/C14H21NO5S/c1-14(2,3)10-5-7-11(8-6-10)21(18,19)15-12(9-20-4)13(16)17/h5-8,12,15H,9H2,1-4H3,(H,16,17). The first-order valence-corrected chi connectivity index (χ1v) is 7.91. The largest absolute Gasteiger partial charge is 0.480 e. The SMILES string of the molecule is COCC(NS(=O)(=O)c1ccc(C(C)(C)C)cc1)C(=O)O. The zero-order chi connectivity index (χ0) is 16.3. The molecule has 0 saturated heterocycles. The van der Waals surface area contributed by atoms with Gasteiger partial charge in [-0.05, 0) is 23.1 Å². The Morgan fingerprint density at radius 2 is 1.81 bits per heavy atom. The van der Waals surface area contributed by atoms with Crippen LogP contribution in [-0.2, 0) is 25.0 Å². The number of ether oxygens (including phenoxy) is 1. The highest BCUT2D eigenvalue weighted by molar-refractivity contribution is 7.89. The fraction of sp³-hybridized carbons (Fsp3) is 0.500. The summed E-state index contributed by atoms with van der Waals surface area (Å²) in [4.78, 5) is 11.0. The normalized spacial score (nSPS) is 13.9. The number of aliphatic carboxylic acids is 1. The smallest absolute Gasteiger partial charge is 0.324 e. The molecular formula is C14H21NO5S. The highest BCUT2D eigenvalue weighted by atomic mass is 32.2. The maximum atomic E-state index is 12.2. The number of rotatable bonds is 6. The van der Waals surface area contributed by atoms with Crippen molar-refractivity contribution < 1.29 is 23.1 Å². The lowest BCUT2D eigenvalue weighted by atomic mass is 9.87. The molecule has 6 nitrogen and oxygen atoms in total. The van der Waals surface area contributed by atoms with Gasteiger partial charge in [0.25, 0.3) is 0 Å². The van der Waals surface area contributed by atoms with E-state index in [1.807, 2.05) is 20.8 Å². The molecule has 118 valence electrons. The summed E-state index contributed by atoms with van der Waals surface area (Å²) < 4.78 is 31.1. The summed E-state index contributed by atoms with van der Waals surface area (Å²) in [6.45, 7) is 5.82. The van der Waals surface area contributed by atoms with Gasteiger partial charge in [0, 0.05) is 7.11 Å². The fourth-order valence-corrected chi connectivity index (χ4v) is 2.89. The summed E-state index contributed by atoms with van der Waals surface area (Å²) in [5, 5.41) is 8.96. The number of carbonyl (C=O) groups is 1. The highest BCUT2D eigenvalue weighted by Gasteiger charge is 2.25. The molecule has 0 spiro atoms. The van der Waals surface area contributed by atoms with Crippen LogP contribution in [0.25, 0.3) is 0 Å². The second-order valence-corrected chi connectivity index (χ2v) is 7.46. The van der Waals surface area contributed by atoms with Crippen LogP contribution in [0.5, 0.6) is 0 Å². The Balaban J connectivity index is 3.00. The van der Waals surface area contributed by atoms with Crippen LogP contribution in [0.1, 0.15) is 26.3 Å². The molecule has 0 saturated carbocycles. The molecule has 0 aliphatic heterocycles. The van der Waals surface area contributed by atoms with E-state index in [2.05, 4.69) is 4.72 Å². The highest BCUT2D eigenvalue weighted by Crippen LogP contribution is 2.23. The first-order valence-electron chi connectivity index (χ1n) is 6.42. The molecule has 1 rings (SSSR count). The number of carboxylic acids is 1. The Morgan fingerprint density at radius 1 is 1.29 bits per heavy atom. The number of benzene rings is 1. The van der Waals surface area contributed by atoms with Crippen LogP contribution in [0.3, 0.4) is 0 Å². The van der Waals surface area contributed by atoms with Gasteiger partial charge in [-0.3, -0.25) is 4.79 Å². The summed E-state index contributed by atoms with van der Waals surface area (Å²) in [6.07, 6.45) is 0. The average molecular weight is 315 g/mol. The van der Waals surface area contributed by atoms with E-state index in [4.69, 9.17) is 9.84 Å². The predicted octanol–water partition coefficient (Wildman–Crippen LogP) is 1.36. The van der Waals surface area contributed by atoms with Gasteiger partial charge in [0.05, 0.1) is 11.5 Å². The quantitative estimate of drug-likeness (QED) is 0.827. The van der Waals surface area contributed by atoms with Gasteiger partial charge in [-0.15, -0.1) is 0 Å². The zero-order valence-electron chi connectivity index (χ0n) is 12.6. The van der Waals surface area contributed by atoms with E-state index >= 15 is 0 Å². The molecule has 0 amide bonds. The summed E-state index contributed by atoms with van der Waals surface area (Å²) in [7, 11) is -2.59. The van der Waals surface area contributed by atoms with Crippen molar-refractivity contribution >= 4 is 16.0 Å². The predicted molar refractivity (Wildman–Crippen MR) is 78.8 cm³/mol. The van der Waals surface area contributed by atoms with Gasteiger partial charge >= 0.3 is 5.97 Å². The minimum atomic E-state index is -3.90. The molecule has 7 heteroatoms. The van der Waals surface area contributed by atoms with Crippen molar-refractivity contribution in [2.45, 2.75) is 37.1 Å². The summed E-state index contributed by atoms with van der Waals surface area (Å²) in [5.74, 6) is -1.29. The number of methoxy groups -OCH3 is 1. The van der Waals surface area contributed by atoms with Crippen LogP contribution in [0.15, 0.2) is 29.2 Å². The minimum absolute atomic E-state index is 0.0258. The molecule has 0 radical (unpaired) electrons. The summed E-state index contributed by atoms with van der Waals surface area (Å²) in [6, 6.07) is 5.06. The molecule has 1 aromatic rings. The molecule has 0 bridgehead atoms. The van der Waals surface area contributed by atoms with Gasteiger partial charge in [-0.1, -0.05) is 32.9 Å². The fourth-order valence-electron chi connectivity index (χ4n) is 1.71. The topological polar surface area (TPSA) is 92.7 Å². The van der Waals surface area contributed by atoms with Crippen molar-refractivity contribution in [3.8, 4) is 0 Å². The van der Waals surface area contributed by atoms with Crippen molar-refractivity contribution in [1.29, 1.82) is 0 Å². The van der Waals surface area contributed by atoms with E-state index in [1.165, 1.54) is 19.2 Å². The van der Waals surface area contributed by atoms with Crippen molar-refractivity contribution in [2.75, 3.05) is 13.7 Å². The van der Waals surface area contributed by atoms with E-state index in [9.17, 15) is 13.2 Å². The van der Waals surface area contributed by atoms with Gasteiger partial charge in [0.2, 0.25) is 10.0 Å². The maximum Gasteiger partial charge on any atom is 0.324 e. The Hall–Kier alpha value is -1.44.